The van der Waals surface area contributed by atoms with E-state index in [1.54, 1.807) is 36.6 Å². The Bertz CT molecular complexity index is 1100. The smallest absolute Gasteiger partial charge is 0.409 e. The average molecular weight is 491 g/mol. The summed E-state index contributed by atoms with van der Waals surface area (Å²) in [5, 5.41) is 20.7. The molecule has 0 radical (unpaired) electrons. The summed E-state index contributed by atoms with van der Waals surface area (Å²) in [6, 6.07) is 0.115. The molecule has 0 unspecified atom stereocenters. The summed E-state index contributed by atoms with van der Waals surface area (Å²) in [5.41, 5.74) is 2.95. The van der Waals surface area contributed by atoms with Crippen molar-refractivity contribution in [3.05, 3.63) is 12.7 Å². The SMILES string of the molecule is CCOC(=O)N1CCC(Nc2ncnc3c2ncn3[C@@H]2O[C@H](C(=N)NO)[C@H]3OC(C)(C)O[C@H]32)CC1. The number of ether oxygens (including phenoxy) is 4. The van der Waals surface area contributed by atoms with Gasteiger partial charge in [0.2, 0.25) is 0 Å². The molecule has 5 heterocycles. The van der Waals surface area contributed by atoms with Crippen molar-refractivity contribution in [3.8, 4) is 0 Å². The van der Waals surface area contributed by atoms with Gasteiger partial charge in [0, 0.05) is 19.1 Å². The third-order valence-electron chi connectivity index (χ3n) is 6.43. The summed E-state index contributed by atoms with van der Waals surface area (Å²) in [7, 11) is 0. The molecule has 3 saturated heterocycles. The Kier molecular flexibility index (Phi) is 6.21. The normalized spacial score (nSPS) is 28.2. The molecule has 14 heteroatoms. The Morgan fingerprint density at radius 2 is 2.00 bits per heavy atom. The van der Waals surface area contributed by atoms with Gasteiger partial charge in [-0.05, 0) is 33.6 Å². The van der Waals surface area contributed by atoms with Crippen molar-refractivity contribution in [1.29, 1.82) is 5.41 Å². The van der Waals surface area contributed by atoms with Gasteiger partial charge in [0.15, 0.2) is 29.0 Å². The third kappa shape index (κ3) is 4.37. The lowest BCUT2D eigenvalue weighted by atomic mass is 10.1. The number of likely N-dealkylation sites (tertiary alicyclic amines) is 1. The highest BCUT2D eigenvalue weighted by atomic mass is 16.8. The molecule has 3 aliphatic heterocycles. The molecule has 3 aliphatic rings. The number of imidazole rings is 1. The number of hydroxylamine groups is 1. The van der Waals surface area contributed by atoms with Gasteiger partial charge in [-0.3, -0.25) is 20.7 Å². The molecular weight excluding hydrogens is 460 g/mol. The van der Waals surface area contributed by atoms with Gasteiger partial charge in [-0.25, -0.2) is 19.7 Å². The van der Waals surface area contributed by atoms with Crippen LogP contribution in [0.1, 0.15) is 39.8 Å². The maximum absolute atomic E-state index is 12.0. The Hall–Kier alpha value is -3.07. The van der Waals surface area contributed by atoms with Crippen LogP contribution in [0, 0.1) is 5.41 Å². The van der Waals surface area contributed by atoms with E-state index in [0.29, 0.717) is 36.7 Å². The number of fused-ring (bicyclic) bond motifs is 2. The van der Waals surface area contributed by atoms with Crippen LogP contribution >= 0.6 is 0 Å². The van der Waals surface area contributed by atoms with Crippen LogP contribution in [0.5, 0.6) is 0 Å². The Morgan fingerprint density at radius 1 is 1.26 bits per heavy atom. The minimum absolute atomic E-state index is 0.115. The van der Waals surface area contributed by atoms with Crippen molar-refractivity contribution < 1.29 is 28.9 Å². The van der Waals surface area contributed by atoms with Crippen LogP contribution in [0.15, 0.2) is 12.7 Å². The molecule has 4 atom stereocenters. The Balaban J connectivity index is 1.35. The topological polar surface area (TPSA) is 169 Å². The fraction of sp³-hybridized carbons (Fsp3) is 0.667. The maximum atomic E-state index is 12.0. The van der Waals surface area contributed by atoms with Crippen LogP contribution < -0.4 is 10.8 Å². The van der Waals surface area contributed by atoms with Crippen molar-refractivity contribution >= 4 is 28.9 Å². The Labute approximate surface area is 201 Å². The van der Waals surface area contributed by atoms with Crippen molar-refractivity contribution in [2.24, 2.45) is 0 Å². The molecule has 3 fully saturated rings. The van der Waals surface area contributed by atoms with Crippen LogP contribution in [0.2, 0.25) is 0 Å². The molecule has 35 heavy (non-hydrogen) atoms. The van der Waals surface area contributed by atoms with Gasteiger partial charge in [0.25, 0.3) is 0 Å². The summed E-state index contributed by atoms with van der Waals surface area (Å²) < 4.78 is 24.9. The van der Waals surface area contributed by atoms with Gasteiger partial charge in [-0.15, -0.1) is 0 Å². The number of amides is 1. The first-order valence-corrected chi connectivity index (χ1v) is 11.7. The fourth-order valence-electron chi connectivity index (χ4n) is 4.86. The van der Waals surface area contributed by atoms with Crippen LogP contribution in [-0.2, 0) is 18.9 Å². The van der Waals surface area contributed by atoms with E-state index in [2.05, 4.69) is 20.3 Å². The maximum Gasteiger partial charge on any atom is 0.409 e. The zero-order chi connectivity index (χ0) is 24.7. The van der Waals surface area contributed by atoms with Crippen molar-refractivity contribution in [2.75, 3.05) is 25.0 Å². The van der Waals surface area contributed by atoms with Gasteiger partial charge in [0.05, 0.1) is 12.9 Å². The number of anilines is 1. The molecule has 0 spiro atoms. The molecule has 14 nitrogen and oxygen atoms in total. The fourth-order valence-corrected chi connectivity index (χ4v) is 4.86. The highest BCUT2D eigenvalue weighted by Gasteiger charge is 2.57. The van der Waals surface area contributed by atoms with E-state index in [4.69, 9.17) is 24.4 Å². The number of amidine groups is 1. The quantitative estimate of drug-likeness (QED) is 0.270. The molecule has 2 aromatic rings. The monoisotopic (exact) mass is 490 g/mol. The zero-order valence-electron chi connectivity index (χ0n) is 19.8. The van der Waals surface area contributed by atoms with Gasteiger partial charge in [-0.2, -0.15) is 0 Å². The van der Waals surface area contributed by atoms with Gasteiger partial charge < -0.3 is 29.2 Å². The summed E-state index contributed by atoms with van der Waals surface area (Å²) in [5.74, 6) is -0.510. The van der Waals surface area contributed by atoms with E-state index < -0.39 is 30.3 Å². The number of nitrogens with zero attached hydrogens (tertiary/aromatic N) is 5. The Morgan fingerprint density at radius 3 is 2.71 bits per heavy atom. The number of carbonyl (C=O) groups excluding carboxylic acids is 1. The average Bonchev–Trinajstić information content (AvgIpc) is 3.50. The first-order valence-electron chi connectivity index (χ1n) is 11.7. The van der Waals surface area contributed by atoms with Crippen molar-refractivity contribution in [1.82, 2.24) is 29.9 Å². The number of piperidine rings is 1. The lowest BCUT2D eigenvalue weighted by Crippen LogP contribution is -2.42. The highest BCUT2D eigenvalue weighted by molar-refractivity contribution is 5.84. The van der Waals surface area contributed by atoms with E-state index >= 15 is 0 Å². The molecule has 0 aliphatic carbocycles. The first-order chi connectivity index (χ1) is 16.8. The van der Waals surface area contributed by atoms with Crippen LogP contribution in [-0.4, -0.2) is 91.4 Å². The highest BCUT2D eigenvalue weighted by Crippen LogP contribution is 2.44. The largest absolute Gasteiger partial charge is 0.450 e. The van der Waals surface area contributed by atoms with Crippen LogP contribution in [0.25, 0.3) is 11.2 Å². The lowest BCUT2D eigenvalue weighted by Gasteiger charge is -2.31. The number of aromatic nitrogens is 4. The molecule has 0 saturated carbocycles. The van der Waals surface area contributed by atoms with Gasteiger partial charge >= 0.3 is 6.09 Å². The molecule has 0 bridgehead atoms. The third-order valence-corrected chi connectivity index (χ3v) is 6.43. The van der Waals surface area contributed by atoms with Crippen LogP contribution in [0.3, 0.4) is 0 Å². The number of nitrogens with one attached hydrogen (secondary N) is 3. The number of carbonyl (C=O) groups is 1. The molecule has 1 amide bonds. The summed E-state index contributed by atoms with van der Waals surface area (Å²) in [6.45, 7) is 6.92. The van der Waals surface area contributed by atoms with E-state index in [-0.39, 0.29) is 18.0 Å². The molecule has 5 rings (SSSR count). The summed E-state index contributed by atoms with van der Waals surface area (Å²) in [6.07, 6.45) is 1.60. The molecular formula is C21H30N8O6. The summed E-state index contributed by atoms with van der Waals surface area (Å²) in [4.78, 5) is 27.0. The van der Waals surface area contributed by atoms with Crippen molar-refractivity contribution in [3.63, 3.8) is 0 Å². The zero-order valence-corrected chi connectivity index (χ0v) is 19.8. The standard InChI is InChI=1S/C21H30N8O6/c1-4-32-20(30)28-7-5-11(6-8-28)26-17-12-18(24-9-23-17)29(10-25-12)19-15-13(34-21(2,3)35-15)14(33-19)16(22)27-31/h9-11,13-15,19,31H,4-8H2,1-3H3,(H2,22,27)(H,23,24,26)/t13-,14+,15-,19-/m1/s1. The van der Waals surface area contributed by atoms with Gasteiger partial charge in [0.1, 0.15) is 30.5 Å². The van der Waals surface area contributed by atoms with E-state index in [1.807, 2.05) is 5.48 Å². The number of rotatable bonds is 5. The van der Waals surface area contributed by atoms with Crippen molar-refractivity contribution in [2.45, 2.75) is 70.0 Å². The summed E-state index contributed by atoms with van der Waals surface area (Å²) >= 11 is 0. The predicted molar refractivity (Wildman–Crippen MR) is 121 cm³/mol. The van der Waals surface area contributed by atoms with E-state index in [0.717, 1.165) is 12.8 Å². The van der Waals surface area contributed by atoms with Crippen LogP contribution in [0.4, 0.5) is 10.6 Å². The molecule has 0 aromatic carbocycles. The second-order valence-corrected chi connectivity index (χ2v) is 9.19. The molecule has 190 valence electrons. The number of hydrogen-bond acceptors (Lipinski definition) is 11. The minimum Gasteiger partial charge on any atom is -0.450 e. The van der Waals surface area contributed by atoms with E-state index in [1.165, 1.54) is 6.33 Å². The second-order valence-electron chi connectivity index (χ2n) is 9.19. The second kappa shape index (κ2) is 9.18. The molecule has 4 N–H and O–H groups in total. The predicted octanol–water partition coefficient (Wildman–Crippen LogP) is 1.23. The van der Waals surface area contributed by atoms with E-state index in [9.17, 15) is 10.0 Å². The lowest BCUT2D eigenvalue weighted by molar-refractivity contribution is -0.189. The number of hydrogen-bond donors (Lipinski definition) is 4. The molecule has 2 aromatic heterocycles. The minimum atomic E-state index is -0.873. The van der Waals surface area contributed by atoms with Gasteiger partial charge in [-0.1, -0.05) is 0 Å². The first kappa shape index (κ1) is 23.7.